The maximum atomic E-state index is 13.4. The number of benzene rings is 1. The van der Waals surface area contributed by atoms with E-state index < -0.39 is 5.82 Å². The van der Waals surface area contributed by atoms with Crippen LogP contribution in [0.15, 0.2) is 22.7 Å². The third-order valence-electron chi connectivity index (χ3n) is 3.18. The molecule has 0 saturated carbocycles. The summed E-state index contributed by atoms with van der Waals surface area (Å²) >= 11 is 3.04. The van der Waals surface area contributed by atoms with Gasteiger partial charge in [-0.25, -0.2) is 4.39 Å². The predicted molar refractivity (Wildman–Crippen MR) is 70.1 cm³/mol. The van der Waals surface area contributed by atoms with Gasteiger partial charge in [0.15, 0.2) is 0 Å². The molecule has 0 aliphatic carbocycles. The third kappa shape index (κ3) is 2.94. The molecule has 1 atom stereocenters. The van der Waals surface area contributed by atoms with Crippen molar-refractivity contribution >= 4 is 27.8 Å². The van der Waals surface area contributed by atoms with Gasteiger partial charge in [0.2, 0.25) is 0 Å². The van der Waals surface area contributed by atoms with Gasteiger partial charge in [-0.2, -0.15) is 0 Å². The Hall–Kier alpha value is -1.43. The lowest BCUT2D eigenvalue weighted by Gasteiger charge is -2.16. The Bertz CT molecular complexity index is 521. The quantitative estimate of drug-likeness (QED) is 0.781. The number of halogens is 2. The van der Waals surface area contributed by atoms with Crippen LogP contribution in [0, 0.1) is 11.7 Å². The van der Waals surface area contributed by atoms with Gasteiger partial charge in [-0.15, -0.1) is 0 Å². The molecular formula is C13H13BrFNO3. The van der Waals surface area contributed by atoms with Gasteiger partial charge >= 0.3 is 5.97 Å². The minimum atomic E-state index is -0.477. The fraction of sp³-hybridized carbons (Fsp3) is 0.385. The molecule has 1 aliphatic heterocycles. The first-order chi connectivity index (χ1) is 9.02. The predicted octanol–water partition coefficient (Wildman–Crippen LogP) is 2.22. The summed E-state index contributed by atoms with van der Waals surface area (Å²) in [6.45, 7) is 0.805. The van der Waals surface area contributed by atoms with E-state index in [0.717, 1.165) is 0 Å². The number of hydrogen-bond donors (Lipinski definition) is 0. The molecule has 1 fully saturated rings. The molecule has 0 radical (unpaired) electrons. The minimum absolute atomic E-state index is 0.266. The number of carbonyl (C=O) groups excluding carboxylic acids is 2. The standard InChI is InChI=1S/C13H13BrFNO3/c1-19-13(18)9-4-5-16(7-9)12(17)8-2-3-10(14)11(15)6-8/h2-3,6,9H,4-5,7H2,1H3. The summed E-state index contributed by atoms with van der Waals surface area (Å²) in [5.41, 5.74) is 0.284. The van der Waals surface area contributed by atoms with Crippen molar-refractivity contribution in [1.82, 2.24) is 4.90 Å². The highest BCUT2D eigenvalue weighted by Crippen LogP contribution is 2.22. The molecule has 19 heavy (non-hydrogen) atoms. The Morgan fingerprint density at radius 1 is 1.47 bits per heavy atom. The van der Waals surface area contributed by atoms with Crippen molar-refractivity contribution in [3.63, 3.8) is 0 Å². The van der Waals surface area contributed by atoms with E-state index in [9.17, 15) is 14.0 Å². The van der Waals surface area contributed by atoms with Crippen LogP contribution in [0.4, 0.5) is 4.39 Å². The van der Waals surface area contributed by atoms with Crippen LogP contribution >= 0.6 is 15.9 Å². The van der Waals surface area contributed by atoms with Gasteiger partial charge < -0.3 is 9.64 Å². The second kappa shape index (κ2) is 5.69. The molecule has 102 valence electrons. The van der Waals surface area contributed by atoms with Gasteiger partial charge in [0.25, 0.3) is 5.91 Å². The molecule has 1 unspecified atom stereocenters. The van der Waals surface area contributed by atoms with E-state index in [1.54, 1.807) is 11.0 Å². The van der Waals surface area contributed by atoms with E-state index in [2.05, 4.69) is 20.7 Å². The maximum Gasteiger partial charge on any atom is 0.310 e. The van der Waals surface area contributed by atoms with Crippen LogP contribution in [-0.2, 0) is 9.53 Å². The van der Waals surface area contributed by atoms with Crippen LogP contribution in [0.1, 0.15) is 16.8 Å². The number of nitrogens with zero attached hydrogens (tertiary/aromatic N) is 1. The molecule has 0 aromatic heterocycles. The third-order valence-corrected chi connectivity index (χ3v) is 3.82. The average molecular weight is 330 g/mol. The van der Waals surface area contributed by atoms with E-state index in [1.165, 1.54) is 19.2 Å². The lowest BCUT2D eigenvalue weighted by molar-refractivity contribution is -0.144. The summed E-state index contributed by atoms with van der Waals surface area (Å²) in [4.78, 5) is 25.1. The molecule has 2 rings (SSSR count). The number of likely N-dealkylation sites (tertiary alicyclic amines) is 1. The van der Waals surface area contributed by atoms with Gasteiger partial charge in [0, 0.05) is 18.7 Å². The first-order valence-corrected chi connectivity index (χ1v) is 6.64. The topological polar surface area (TPSA) is 46.6 Å². The summed E-state index contributed by atoms with van der Waals surface area (Å²) < 4.78 is 18.4. The van der Waals surface area contributed by atoms with Crippen molar-refractivity contribution in [3.05, 3.63) is 34.1 Å². The van der Waals surface area contributed by atoms with Gasteiger partial charge in [-0.05, 0) is 40.5 Å². The molecular weight excluding hydrogens is 317 g/mol. The van der Waals surface area contributed by atoms with E-state index >= 15 is 0 Å². The fourth-order valence-electron chi connectivity index (χ4n) is 2.12. The summed E-state index contributed by atoms with van der Waals surface area (Å²) in [5, 5.41) is 0. The molecule has 0 bridgehead atoms. The van der Waals surface area contributed by atoms with E-state index in [1.807, 2.05) is 0 Å². The van der Waals surface area contributed by atoms with Crippen molar-refractivity contribution in [1.29, 1.82) is 0 Å². The molecule has 1 amide bonds. The fourth-order valence-corrected chi connectivity index (χ4v) is 2.36. The summed E-state index contributed by atoms with van der Waals surface area (Å²) in [7, 11) is 1.33. The summed E-state index contributed by atoms with van der Waals surface area (Å²) in [6, 6.07) is 4.25. The van der Waals surface area contributed by atoms with Crippen LogP contribution in [0.3, 0.4) is 0 Å². The highest BCUT2D eigenvalue weighted by molar-refractivity contribution is 9.10. The Labute approximate surface area is 118 Å². The van der Waals surface area contributed by atoms with Crippen LogP contribution in [0.25, 0.3) is 0 Å². The molecule has 1 heterocycles. The molecule has 0 spiro atoms. The Morgan fingerprint density at radius 2 is 2.21 bits per heavy atom. The highest BCUT2D eigenvalue weighted by atomic mass is 79.9. The molecule has 1 saturated heterocycles. The number of amides is 1. The maximum absolute atomic E-state index is 13.4. The minimum Gasteiger partial charge on any atom is -0.469 e. The normalized spacial score (nSPS) is 18.5. The summed E-state index contributed by atoms with van der Waals surface area (Å²) in [5.74, 6) is -1.33. The largest absolute Gasteiger partial charge is 0.469 e. The average Bonchev–Trinajstić information content (AvgIpc) is 2.89. The lowest BCUT2D eigenvalue weighted by Crippen LogP contribution is -2.30. The number of esters is 1. The Morgan fingerprint density at radius 3 is 2.84 bits per heavy atom. The molecule has 0 N–H and O–H groups in total. The van der Waals surface area contributed by atoms with Gasteiger partial charge in [0.05, 0.1) is 17.5 Å². The zero-order valence-corrected chi connectivity index (χ0v) is 11.9. The van der Waals surface area contributed by atoms with Crippen LogP contribution in [0.2, 0.25) is 0 Å². The SMILES string of the molecule is COC(=O)C1CCN(C(=O)c2ccc(Br)c(F)c2)C1. The van der Waals surface area contributed by atoms with Gasteiger partial charge in [-0.1, -0.05) is 0 Å². The second-order valence-electron chi connectivity index (χ2n) is 4.39. The first-order valence-electron chi connectivity index (χ1n) is 5.85. The number of methoxy groups -OCH3 is 1. The highest BCUT2D eigenvalue weighted by Gasteiger charge is 2.32. The Balaban J connectivity index is 2.09. The van der Waals surface area contributed by atoms with E-state index in [4.69, 9.17) is 0 Å². The Kier molecular flexibility index (Phi) is 4.19. The molecule has 4 nitrogen and oxygen atoms in total. The molecule has 1 aromatic rings. The van der Waals surface area contributed by atoms with Crippen molar-refractivity contribution in [3.8, 4) is 0 Å². The van der Waals surface area contributed by atoms with Crippen molar-refractivity contribution < 1.29 is 18.7 Å². The number of hydrogen-bond acceptors (Lipinski definition) is 3. The summed E-state index contributed by atoms with van der Waals surface area (Å²) in [6.07, 6.45) is 0.581. The number of ether oxygens (including phenoxy) is 1. The first kappa shape index (κ1) is 14.0. The number of carbonyl (C=O) groups is 2. The van der Waals surface area contributed by atoms with Crippen molar-refractivity contribution in [2.45, 2.75) is 6.42 Å². The second-order valence-corrected chi connectivity index (χ2v) is 5.24. The molecule has 1 aliphatic rings. The number of rotatable bonds is 2. The van der Waals surface area contributed by atoms with Crippen LogP contribution in [0.5, 0.6) is 0 Å². The van der Waals surface area contributed by atoms with Gasteiger partial charge in [0.1, 0.15) is 5.82 Å². The zero-order chi connectivity index (χ0) is 14.0. The monoisotopic (exact) mass is 329 g/mol. The molecule has 1 aromatic carbocycles. The van der Waals surface area contributed by atoms with Crippen LogP contribution < -0.4 is 0 Å². The van der Waals surface area contributed by atoms with Crippen molar-refractivity contribution in [2.24, 2.45) is 5.92 Å². The smallest absolute Gasteiger partial charge is 0.310 e. The van der Waals surface area contributed by atoms with Crippen molar-refractivity contribution in [2.75, 3.05) is 20.2 Å². The lowest BCUT2D eigenvalue weighted by atomic mass is 10.1. The van der Waals surface area contributed by atoms with Crippen LogP contribution in [-0.4, -0.2) is 37.0 Å². The van der Waals surface area contributed by atoms with E-state index in [0.29, 0.717) is 24.0 Å². The molecule has 6 heteroatoms. The van der Waals surface area contributed by atoms with Gasteiger partial charge in [-0.3, -0.25) is 9.59 Å². The zero-order valence-electron chi connectivity index (χ0n) is 10.4. The van der Waals surface area contributed by atoms with E-state index in [-0.39, 0.29) is 23.4 Å².